The van der Waals surface area contributed by atoms with E-state index in [0.717, 1.165) is 12.8 Å². The van der Waals surface area contributed by atoms with Gasteiger partial charge in [0.05, 0.1) is 5.37 Å². The van der Waals surface area contributed by atoms with Crippen LogP contribution >= 0.6 is 11.8 Å². The minimum absolute atomic E-state index is 0.428. The van der Waals surface area contributed by atoms with E-state index in [1.807, 2.05) is 0 Å². The fraction of sp³-hybridized carbons (Fsp3) is 0.750. The summed E-state index contributed by atoms with van der Waals surface area (Å²) in [5.41, 5.74) is 0. The van der Waals surface area contributed by atoms with E-state index in [-0.39, 0.29) is 0 Å². The van der Waals surface area contributed by atoms with Gasteiger partial charge in [0.15, 0.2) is 0 Å². The molecule has 0 aromatic heterocycles. The SMILES string of the molecule is O=CNC1CCS1. The van der Waals surface area contributed by atoms with Gasteiger partial charge in [-0.25, -0.2) is 0 Å². The Hall–Kier alpha value is -0.180. The second kappa shape index (κ2) is 2.21. The monoisotopic (exact) mass is 117 g/mol. The molecule has 0 radical (unpaired) electrons. The smallest absolute Gasteiger partial charge is 0.207 e. The zero-order chi connectivity index (χ0) is 5.11. The van der Waals surface area contributed by atoms with Gasteiger partial charge in [0.2, 0.25) is 6.41 Å². The Kier molecular flexibility index (Phi) is 1.57. The zero-order valence-electron chi connectivity index (χ0n) is 3.89. The van der Waals surface area contributed by atoms with Gasteiger partial charge < -0.3 is 5.32 Å². The average molecular weight is 117 g/mol. The van der Waals surface area contributed by atoms with Gasteiger partial charge in [0.1, 0.15) is 0 Å². The standard InChI is InChI=1S/C4H7NOS/c6-3-5-4-1-2-7-4/h3-4H,1-2H2,(H,5,6). The van der Waals surface area contributed by atoms with Crippen LogP contribution in [-0.2, 0) is 4.79 Å². The third-order valence-electron chi connectivity index (χ3n) is 0.953. The number of carbonyl (C=O) groups is 1. The lowest BCUT2D eigenvalue weighted by Gasteiger charge is -2.23. The molecule has 1 unspecified atom stereocenters. The molecule has 2 nitrogen and oxygen atoms in total. The van der Waals surface area contributed by atoms with Crippen LogP contribution in [0.1, 0.15) is 6.42 Å². The molecule has 1 heterocycles. The molecular formula is C4H7NOS. The molecule has 0 saturated carbocycles. The van der Waals surface area contributed by atoms with E-state index in [9.17, 15) is 4.79 Å². The van der Waals surface area contributed by atoms with E-state index < -0.39 is 0 Å². The second-order valence-corrected chi connectivity index (χ2v) is 2.74. The average Bonchev–Trinajstić information content (AvgIpc) is 1.55. The van der Waals surface area contributed by atoms with Crippen LogP contribution in [0.3, 0.4) is 0 Å². The maximum Gasteiger partial charge on any atom is 0.207 e. The van der Waals surface area contributed by atoms with E-state index in [4.69, 9.17) is 0 Å². The molecule has 0 aromatic rings. The van der Waals surface area contributed by atoms with Crippen LogP contribution in [0.5, 0.6) is 0 Å². The number of amides is 1. The van der Waals surface area contributed by atoms with Gasteiger partial charge in [0.25, 0.3) is 0 Å². The van der Waals surface area contributed by atoms with E-state index >= 15 is 0 Å². The first-order valence-corrected chi connectivity index (χ1v) is 3.29. The van der Waals surface area contributed by atoms with E-state index in [1.54, 1.807) is 11.8 Å². The van der Waals surface area contributed by atoms with Crippen LogP contribution in [0.15, 0.2) is 0 Å². The highest BCUT2D eigenvalue weighted by Crippen LogP contribution is 2.23. The van der Waals surface area contributed by atoms with Crippen LogP contribution in [-0.4, -0.2) is 17.5 Å². The van der Waals surface area contributed by atoms with Crippen molar-refractivity contribution in [3.05, 3.63) is 0 Å². The Morgan fingerprint density at radius 2 is 2.57 bits per heavy atom. The Bertz CT molecular complexity index is 72.1. The normalized spacial score (nSPS) is 28.3. The lowest BCUT2D eigenvalue weighted by atomic mass is 10.4. The molecule has 7 heavy (non-hydrogen) atoms. The maximum absolute atomic E-state index is 9.68. The minimum Gasteiger partial charge on any atom is -0.347 e. The second-order valence-electron chi connectivity index (χ2n) is 1.43. The zero-order valence-corrected chi connectivity index (χ0v) is 4.70. The minimum atomic E-state index is 0.428. The first-order valence-electron chi connectivity index (χ1n) is 2.25. The number of nitrogens with one attached hydrogen (secondary N) is 1. The molecular weight excluding hydrogens is 110 g/mol. The van der Waals surface area contributed by atoms with Crippen molar-refractivity contribution in [2.45, 2.75) is 11.8 Å². The van der Waals surface area contributed by atoms with Crippen LogP contribution in [0.2, 0.25) is 0 Å². The molecule has 1 aliphatic rings. The van der Waals surface area contributed by atoms with Crippen LogP contribution in [0.25, 0.3) is 0 Å². The van der Waals surface area contributed by atoms with Crippen molar-refractivity contribution >= 4 is 18.2 Å². The number of hydrogen-bond acceptors (Lipinski definition) is 2. The molecule has 1 N–H and O–H groups in total. The van der Waals surface area contributed by atoms with Crippen molar-refractivity contribution in [3.8, 4) is 0 Å². The van der Waals surface area contributed by atoms with Crippen LogP contribution in [0, 0.1) is 0 Å². The summed E-state index contributed by atoms with van der Waals surface area (Å²) in [6.07, 6.45) is 1.90. The van der Waals surface area contributed by atoms with Gasteiger partial charge in [-0.1, -0.05) is 0 Å². The summed E-state index contributed by atoms with van der Waals surface area (Å²) in [6, 6.07) is 0. The molecule has 3 heteroatoms. The van der Waals surface area contributed by atoms with Crippen molar-refractivity contribution in [1.29, 1.82) is 0 Å². The highest BCUT2D eigenvalue weighted by atomic mass is 32.2. The van der Waals surface area contributed by atoms with Gasteiger partial charge >= 0.3 is 0 Å². The molecule has 1 rings (SSSR count). The summed E-state index contributed by atoms with van der Waals surface area (Å²) in [7, 11) is 0. The van der Waals surface area contributed by atoms with Gasteiger partial charge in [-0.15, -0.1) is 11.8 Å². The fourth-order valence-electron chi connectivity index (χ4n) is 0.443. The van der Waals surface area contributed by atoms with E-state index in [1.165, 1.54) is 5.75 Å². The highest BCUT2D eigenvalue weighted by molar-refractivity contribution is 8.01. The third kappa shape index (κ3) is 1.09. The molecule has 40 valence electrons. The molecule has 1 atom stereocenters. The molecule has 1 aliphatic heterocycles. The van der Waals surface area contributed by atoms with Crippen molar-refractivity contribution in [1.82, 2.24) is 5.32 Å². The lowest BCUT2D eigenvalue weighted by Crippen LogP contribution is -2.31. The summed E-state index contributed by atoms with van der Waals surface area (Å²) in [5, 5.41) is 3.09. The molecule has 1 amide bonds. The Labute approximate surface area is 46.7 Å². The van der Waals surface area contributed by atoms with E-state index in [2.05, 4.69) is 5.32 Å². The van der Waals surface area contributed by atoms with Crippen molar-refractivity contribution in [3.63, 3.8) is 0 Å². The largest absolute Gasteiger partial charge is 0.347 e. The first kappa shape index (κ1) is 4.97. The summed E-state index contributed by atoms with van der Waals surface area (Å²) in [5.74, 6) is 1.20. The molecule has 0 spiro atoms. The molecule has 0 aliphatic carbocycles. The Morgan fingerprint density at radius 3 is 2.71 bits per heavy atom. The van der Waals surface area contributed by atoms with E-state index in [0.29, 0.717) is 5.37 Å². The molecule has 0 aromatic carbocycles. The Morgan fingerprint density at radius 1 is 1.86 bits per heavy atom. The molecule has 1 fully saturated rings. The van der Waals surface area contributed by atoms with Gasteiger partial charge in [-0.05, 0) is 12.2 Å². The number of thioether (sulfide) groups is 1. The lowest BCUT2D eigenvalue weighted by molar-refractivity contribution is -0.109. The summed E-state index contributed by atoms with van der Waals surface area (Å²) < 4.78 is 0. The van der Waals surface area contributed by atoms with Crippen molar-refractivity contribution < 1.29 is 4.79 Å². The van der Waals surface area contributed by atoms with Crippen molar-refractivity contribution in [2.75, 3.05) is 5.75 Å². The molecule has 1 saturated heterocycles. The topological polar surface area (TPSA) is 29.1 Å². The maximum atomic E-state index is 9.68. The summed E-state index contributed by atoms with van der Waals surface area (Å²) >= 11 is 1.79. The quantitative estimate of drug-likeness (QED) is 0.523. The predicted molar refractivity (Wildman–Crippen MR) is 30.1 cm³/mol. The number of rotatable bonds is 2. The highest BCUT2D eigenvalue weighted by Gasteiger charge is 2.15. The van der Waals surface area contributed by atoms with Crippen LogP contribution < -0.4 is 5.32 Å². The molecule has 0 bridgehead atoms. The number of carbonyl (C=O) groups excluding carboxylic acids is 1. The fourth-order valence-corrected chi connectivity index (χ4v) is 1.07. The van der Waals surface area contributed by atoms with Gasteiger partial charge in [-0.3, -0.25) is 4.79 Å². The third-order valence-corrected chi connectivity index (χ3v) is 2.20. The Balaban J connectivity index is 2.03. The van der Waals surface area contributed by atoms with Gasteiger partial charge in [-0.2, -0.15) is 0 Å². The van der Waals surface area contributed by atoms with Gasteiger partial charge in [0, 0.05) is 0 Å². The number of hydrogen-bond donors (Lipinski definition) is 1. The first-order chi connectivity index (χ1) is 3.43. The predicted octanol–water partition coefficient (Wildman–Crippen LogP) is 0.195. The summed E-state index contributed by atoms with van der Waals surface area (Å²) in [4.78, 5) is 9.68. The van der Waals surface area contributed by atoms with Crippen molar-refractivity contribution in [2.24, 2.45) is 0 Å². The summed E-state index contributed by atoms with van der Waals surface area (Å²) in [6.45, 7) is 0. The van der Waals surface area contributed by atoms with Crippen LogP contribution in [0.4, 0.5) is 0 Å².